The molecule has 0 aliphatic carbocycles. The highest BCUT2D eigenvalue weighted by atomic mass is 16.1. The van der Waals surface area contributed by atoms with Crippen molar-refractivity contribution in [3.05, 3.63) is 69.3 Å². The molecule has 0 saturated carbocycles. The summed E-state index contributed by atoms with van der Waals surface area (Å²) in [5.41, 5.74) is 3.66. The number of hydrogen-bond acceptors (Lipinski definition) is 4. The van der Waals surface area contributed by atoms with Gasteiger partial charge < -0.3 is 0 Å². The molecule has 6 nitrogen and oxygen atoms in total. The fourth-order valence-electron chi connectivity index (χ4n) is 4.24. The van der Waals surface area contributed by atoms with Crippen molar-refractivity contribution in [2.24, 2.45) is 5.92 Å². The number of hydrogen-bond donors (Lipinski definition) is 1. The highest BCUT2D eigenvalue weighted by Crippen LogP contribution is 2.35. The van der Waals surface area contributed by atoms with Crippen molar-refractivity contribution < 1.29 is 4.79 Å². The maximum absolute atomic E-state index is 12.8. The van der Waals surface area contributed by atoms with Gasteiger partial charge >= 0.3 is 0 Å². The van der Waals surface area contributed by atoms with Gasteiger partial charge in [0, 0.05) is 22.9 Å². The first-order valence-electron chi connectivity index (χ1n) is 9.87. The third-order valence-electron chi connectivity index (χ3n) is 5.90. The van der Waals surface area contributed by atoms with Crippen LogP contribution in [-0.4, -0.2) is 38.4 Å². The average molecular weight is 378 g/mol. The summed E-state index contributed by atoms with van der Waals surface area (Å²) in [6.07, 6.45) is 2.16. The molecule has 0 bridgehead atoms. The van der Waals surface area contributed by atoms with E-state index in [1.54, 1.807) is 6.92 Å². The largest absolute Gasteiger partial charge is 0.293 e. The first kappa shape index (κ1) is 18.6. The molecular formula is C22H26N4O2. The van der Waals surface area contributed by atoms with Crippen LogP contribution in [0.25, 0.3) is 5.65 Å². The number of carbonyl (C=O) groups excluding carboxylic acids is 1. The third kappa shape index (κ3) is 3.29. The number of aromatic nitrogens is 3. The molecule has 1 N–H and O–H groups in total. The Hall–Kier alpha value is -2.73. The first-order chi connectivity index (χ1) is 13.5. The summed E-state index contributed by atoms with van der Waals surface area (Å²) in [6.45, 7) is 7.10. The van der Waals surface area contributed by atoms with Crippen molar-refractivity contribution in [1.29, 1.82) is 0 Å². The molecule has 2 aromatic heterocycles. The third-order valence-corrected chi connectivity index (χ3v) is 5.90. The molecule has 3 aromatic rings. The Morgan fingerprint density at radius 2 is 2.00 bits per heavy atom. The number of piperidine rings is 1. The van der Waals surface area contributed by atoms with E-state index in [0.717, 1.165) is 36.3 Å². The van der Waals surface area contributed by atoms with Crippen molar-refractivity contribution in [2.45, 2.75) is 39.7 Å². The Bertz CT molecular complexity index is 1070. The van der Waals surface area contributed by atoms with Gasteiger partial charge in [-0.2, -0.15) is 0 Å². The summed E-state index contributed by atoms with van der Waals surface area (Å²) in [5.74, 6) is 0.501. The topological polar surface area (TPSA) is 70.5 Å². The molecule has 1 saturated heterocycles. The molecule has 1 aliphatic rings. The lowest BCUT2D eigenvalue weighted by atomic mass is 9.88. The van der Waals surface area contributed by atoms with Crippen LogP contribution in [0.4, 0.5) is 0 Å². The van der Waals surface area contributed by atoms with Gasteiger partial charge in [-0.1, -0.05) is 37.3 Å². The summed E-state index contributed by atoms with van der Waals surface area (Å²) in [5, 5.41) is 3.26. The molecule has 0 radical (unpaired) electrons. The summed E-state index contributed by atoms with van der Waals surface area (Å²) in [6, 6.07) is 11.4. The van der Waals surface area contributed by atoms with E-state index in [1.807, 2.05) is 43.3 Å². The molecule has 1 aromatic carbocycles. The van der Waals surface area contributed by atoms with Crippen LogP contribution in [0.5, 0.6) is 0 Å². The van der Waals surface area contributed by atoms with Crippen LogP contribution in [0, 0.1) is 19.8 Å². The Balaban J connectivity index is 1.69. The predicted molar refractivity (Wildman–Crippen MR) is 109 cm³/mol. The van der Waals surface area contributed by atoms with E-state index < -0.39 is 0 Å². The van der Waals surface area contributed by atoms with Gasteiger partial charge in [0.1, 0.15) is 0 Å². The van der Waals surface area contributed by atoms with Crippen LogP contribution in [0.1, 0.15) is 53.1 Å². The van der Waals surface area contributed by atoms with Gasteiger partial charge in [0.05, 0.1) is 18.3 Å². The van der Waals surface area contributed by atoms with Crippen molar-refractivity contribution >= 4 is 11.4 Å². The molecule has 4 rings (SSSR count). The lowest BCUT2D eigenvalue weighted by Gasteiger charge is -2.39. The highest BCUT2D eigenvalue weighted by molar-refractivity contribution is 5.97. The molecule has 28 heavy (non-hydrogen) atoms. The van der Waals surface area contributed by atoms with E-state index in [2.05, 4.69) is 21.9 Å². The lowest BCUT2D eigenvalue weighted by Crippen LogP contribution is -2.41. The fourth-order valence-corrected chi connectivity index (χ4v) is 4.24. The number of rotatable bonds is 4. The fraction of sp³-hybridized carbons (Fsp3) is 0.409. The zero-order valence-electron chi connectivity index (χ0n) is 16.6. The van der Waals surface area contributed by atoms with Crippen LogP contribution in [0.3, 0.4) is 0 Å². The Labute approximate surface area is 164 Å². The molecule has 0 spiro atoms. The van der Waals surface area contributed by atoms with Crippen molar-refractivity contribution in [3.63, 3.8) is 0 Å². The van der Waals surface area contributed by atoms with Gasteiger partial charge in [-0.05, 0) is 39.2 Å². The van der Waals surface area contributed by atoms with Gasteiger partial charge in [-0.3, -0.25) is 19.6 Å². The van der Waals surface area contributed by atoms with Crippen molar-refractivity contribution in [1.82, 2.24) is 19.5 Å². The number of Topliss-reactive ketones (excluding diaryl/α,β-unsaturated/α-hetero) is 1. The molecule has 1 fully saturated rings. The summed E-state index contributed by atoms with van der Waals surface area (Å²) in [7, 11) is 0. The Morgan fingerprint density at radius 1 is 1.25 bits per heavy atom. The number of carbonyl (C=O) groups is 1. The predicted octanol–water partition coefficient (Wildman–Crippen LogP) is 3.30. The van der Waals surface area contributed by atoms with E-state index in [1.165, 1.54) is 4.52 Å². The van der Waals surface area contributed by atoms with Crippen LogP contribution in [0.2, 0.25) is 0 Å². The van der Waals surface area contributed by atoms with E-state index in [-0.39, 0.29) is 17.4 Å². The molecule has 3 heterocycles. The summed E-state index contributed by atoms with van der Waals surface area (Å²) >= 11 is 0. The van der Waals surface area contributed by atoms with Crippen LogP contribution >= 0.6 is 0 Å². The number of nitrogens with one attached hydrogen (secondary N) is 1. The number of aryl methyl sites for hydroxylation is 1. The van der Waals surface area contributed by atoms with Crippen LogP contribution in [-0.2, 0) is 0 Å². The van der Waals surface area contributed by atoms with Gasteiger partial charge in [0.15, 0.2) is 11.4 Å². The standard InChI is InChI=1S/C22H26N4O2/c1-14-8-7-11-25(13-19(27)17-9-5-4-6-10-17)21(14)18-12-20-23-16(3)15(2)22(28)26(20)24-18/h4-6,9-10,12,14,21,24H,7-8,11,13H2,1-3H3. The zero-order chi connectivity index (χ0) is 19.8. The van der Waals surface area contributed by atoms with Crippen molar-refractivity contribution in [3.8, 4) is 0 Å². The number of fused-ring (bicyclic) bond motifs is 1. The molecule has 2 unspecified atom stereocenters. The number of benzene rings is 1. The number of ketones is 1. The van der Waals surface area contributed by atoms with Crippen LogP contribution < -0.4 is 5.56 Å². The molecule has 2 atom stereocenters. The van der Waals surface area contributed by atoms with E-state index in [0.29, 0.717) is 23.7 Å². The van der Waals surface area contributed by atoms with E-state index in [9.17, 15) is 9.59 Å². The van der Waals surface area contributed by atoms with Crippen molar-refractivity contribution in [2.75, 3.05) is 13.1 Å². The monoisotopic (exact) mass is 378 g/mol. The van der Waals surface area contributed by atoms with Gasteiger partial charge in [0.2, 0.25) is 0 Å². The summed E-state index contributed by atoms with van der Waals surface area (Å²) < 4.78 is 1.52. The molecule has 0 amide bonds. The first-order valence-corrected chi connectivity index (χ1v) is 9.87. The maximum Gasteiger partial charge on any atom is 0.275 e. The minimum absolute atomic E-state index is 0.0584. The molecule has 1 aliphatic heterocycles. The minimum Gasteiger partial charge on any atom is -0.293 e. The lowest BCUT2D eigenvalue weighted by molar-refractivity contribution is 0.0725. The summed E-state index contributed by atoms with van der Waals surface area (Å²) in [4.78, 5) is 32.2. The number of nitrogens with zero attached hydrogens (tertiary/aromatic N) is 3. The minimum atomic E-state index is -0.0656. The van der Waals surface area contributed by atoms with Crippen LogP contribution in [0.15, 0.2) is 41.2 Å². The maximum atomic E-state index is 12.8. The Morgan fingerprint density at radius 3 is 2.75 bits per heavy atom. The van der Waals surface area contributed by atoms with E-state index in [4.69, 9.17) is 0 Å². The van der Waals surface area contributed by atoms with E-state index >= 15 is 0 Å². The molecule has 6 heteroatoms. The average Bonchev–Trinajstić information content (AvgIpc) is 3.10. The highest BCUT2D eigenvalue weighted by Gasteiger charge is 2.32. The van der Waals surface area contributed by atoms with Gasteiger partial charge in [-0.25, -0.2) is 9.50 Å². The second-order valence-electron chi connectivity index (χ2n) is 7.86. The Kier molecular flexibility index (Phi) is 4.89. The number of H-pyrrole nitrogens is 1. The number of aromatic amines is 1. The van der Waals surface area contributed by atoms with Gasteiger partial charge in [0.25, 0.3) is 5.56 Å². The molecular weight excluding hydrogens is 352 g/mol. The molecule has 146 valence electrons. The van der Waals surface area contributed by atoms with Gasteiger partial charge in [-0.15, -0.1) is 0 Å². The second kappa shape index (κ2) is 7.36. The SMILES string of the molecule is Cc1nc2cc(C3C(C)CCCN3CC(=O)c3ccccc3)[nH]n2c(=O)c1C. The smallest absolute Gasteiger partial charge is 0.275 e. The quantitative estimate of drug-likeness (QED) is 0.707. The second-order valence-corrected chi connectivity index (χ2v) is 7.86. The normalized spacial score (nSPS) is 20.5. The zero-order valence-corrected chi connectivity index (χ0v) is 16.6. The number of likely N-dealkylation sites (tertiary alicyclic amines) is 1.